The number of likely N-dealkylation sites (N-methyl/N-ethyl adjacent to an activating group) is 1. The number of carbonyl (C=O) groups is 3. The van der Waals surface area contributed by atoms with Gasteiger partial charge in [0, 0.05) is 14.1 Å². The summed E-state index contributed by atoms with van der Waals surface area (Å²) in [5.74, 6) is -0.491. The predicted octanol–water partition coefficient (Wildman–Crippen LogP) is 4.37. The zero-order valence-corrected chi connectivity index (χ0v) is 20.9. The zero-order valence-electron chi connectivity index (χ0n) is 19.3. The van der Waals surface area contributed by atoms with Gasteiger partial charge in [-0.05, 0) is 24.0 Å². The minimum atomic E-state index is -0.814. The molecule has 9 heteroatoms. The first kappa shape index (κ1) is 31.4. The third-order valence-corrected chi connectivity index (χ3v) is 6.20. The van der Waals surface area contributed by atoms with Crippen LogP contribution in [0.15, 0.2) is 60.7 Å². The molecule has 0 aliphatic heterocycles. The summed E-state index contributed by atoms with van der Waals surface area (Å²) >= 11 is 3.26. The van der Waals surface area contributed by atoms with Crippen LogP contribution in [0.5, 0.6) is 0 Å². The summed E-state index contributed by atoms with van der Waals surface area (Å²) in [4.78, 5) is 35.6. The highest BCUT2D eigenvalue weighted by Gasteiger charge is 2.32. The molecule has 0 atom stereocenters. The molecular weight excluding hydrogens is 474 g/mol. The Kier molecular flexibility index (Phi) is 14.9. The van der Waals surface area contributed by atoms with E-state index in [0.29, 0.717) is 12.8 Å². The van der Waals surface area contributed by atoms with Crippen molar-refractivity contribution in [3.05, 3.63) is 71.8 Å². The number of hydrogen-bond donors (Lipinski definition) is 4. The van der Waals surface area contributed by atoms with Crippen LogP contribution < -0.4 is 23.4 Å². The minimum absolute atomic E-state index is 0. The van der Waals surface area contributed by atoms with Gasteiger partial charge in [-0.15, -0.1) is 0 Å². The van der Waals surface area contributed by atoms with Crippen molar-refractivity contribution in [3.63, 3.8) is 0 Å². The van der Waals surface area contributed by atoms with Crippen molar-refractivity contribution in [2.45, 2.75) is 36.9 Å². The predicted molar refractivity (Wildman–Crippen MR) is 133 cm³/mol. The average Bonchev–Trinajstić information content (AvgIpc) is 2.74. The summed E-state index contributed by atoms with van der Waals surface area (Å²) in [7, 11) is 3.59. The number of benzene rings is 2. The van der Waals surface area contributed by atoms with Gasteiger partial charge in [-0.1, -0.05) is 90.4 Å². The van der Waals surface area contributed by atoms with Gasteiger partial charge in [0.15, 0.2) is 0 Å². The molecule has 0 fully saturated rings. The summed E-state index contributed by atoms with van der Waals surface area (Å²) in [6, 6.07) is 19.0. The molecule has 0 aliphatic carbocycles. The summed E-state index contributed by atoms with van der Waals surface area (Å²) in [6.45, 7) is 3.72. The molecule has 0 saturated heterocycles. The third-order valence-electron chi connectivity index (χ3n) is 4.72. The minimum Gasteiger partial charge on any atom is -0.351 e. The van der Waals surface area contributed by atoms with Gasteiger partial charge < -0.3 is 22.9 Å². The van der Waals surface area contributed by atoms with Gasteiger partial charge in [-0.3, -0.25) is 14.9 Å². The molecule has 0 heterocycles. The Morgan fingerprint density at radius 2 is 1.28 bits per heavy atom. The number of nitrogens with two attached hydrogens (primary N) is 1. The number of nitrogens with one attached hydrogen (secondary N) is 1. The smallest absolute Gasteiger partial charge is 0.318 e. The molecule has 2 aromatic rings. The maximum Gasteiger partial charge on any atom is 0.318 e. The Hall–Kier alpha value is -2.75. The lowest BCUT2D eigenvalue weighted by Crippen LogP contribution is -2.46. The Balaban J connectivity index is 0. The van der Waals surface area contributed by atoms with Crippen molar-refractivity contribution in [1.82, 2.24) is 22.5 Å². The molecule has 2 rings (SSSR count). The van der Waals surface area contributed by atoms with E-state index >= 15 is 0 Å². The molecule has 0 aromatic heterocycles. The summed E-state index contributed by atoms with van der Waals surface area (Å²) in [5, 5.41) is 2.04. The first-order valence-corrected chi connectivity index (χ1v) is 10.6. The van der Waals surface area contributed by atoms with E-state index in [1.807, 2.05) is 79.8 Å². The van der Waals surface area contributed by atoms with Crippen LogP contribution in [0.4, 0.5) is 4.79 Å². The lowest BCUT2D eigenvalue weighted by molar-refractivity contribution is -0.129. The second-order valence-electron chi connectivity index (χ2n) is 6.98. The number of primary amides is 1. The molecule has 32 heavy (non-hydrogen) atoms. The molecule has 0 spiro atoms. The van der Waals surface area contributed by atoms with Crippen molar-refractivity contribution < 1.29 is 14.4 Å². The summed E-state index contributed by atoms with van der Waals surface area (Å²) < 4.78 is -0.665. The highest BCUT2D eigenvalue weighted by Crippen LogP contribution is 2.27. The Morgan fingerprint density at radius 1 is 0.906 bits per heavy atom. The fourth-order valence-corrected chi connectivity index (χ4v) is 2.92. The monoisotopic (exact) mass is 509 g/mol. The van der Waals surface area contributed by atoms with E-state index in [-0.39, 0.29) is 30.0 Å². The van der Waals surface area contributed by atoms with E-state index in [9.17, 15) is 14.4 Å². The normalized spacial score (nSPS) is 9.94. The SMILES string of the molecule is CCC(Br)(CC)C(=O)NC(N)=O.CN(C)C(=O)C(c1ccccc1)c1ccccc1.N.N. The first-order valence-electron chi connectivity index (χ1n) is 9.77. The van der Waals surface area contributed by atoms with Crippen molar-refractivity contribution in [3.8, 4) is 0 Å². The van der Waals surface area contributed by atoms with Gasteiger partial charge in [0.25, 0.3) is 0 Å². The van der Waals surface area contributed by atoms with Crippen LogP contribution in [-0.4, -0.2) is 41.2 Å². The lowest BCUT2D eigenvalue weighted by atomic mass is 9.90. The summed E-state index contributed by atoms with van der Waals surface area (Å²) in [6.07, 6.45) is 1.23. The van der Waals surface area contributed by atoms with Crippen LogP contribution in [0.3, 0.4) is 0 Å². The van der Waals surface area contributed by atoms with E-state index < -0.39 is 10.4 Å². The van der Waals surface area contributed by atoms with E-state index in [1.54, 1.807) is 19.0 Å². The van der Waals surface area contributed by atoms with Crippen LogP contribution in [0, 0.1) is 0 Å². The molecule has 2 aromatic carbocycles. The molecule has 0 aliphatic rings. The molecule has 9 N–H and O–H groups in total. The Morgan fingerprint density at radius 3 is 1.56 bits per heavy atom. The molecule has 178 valence electrons. The Bertz CT molecular complexity index is 789. The first-order chi connectivity index (χ1) is 14.2. The van der Waals surface area contributed by atoms with Gasteiger partial charge >= 0.3 is 6.03 Å². The zero-order chi connectivity index (χ0) is 22.7. The van der Waals surface area contributed by atoms with Crippen molar-refractivity contribution in [2.24, 2.45) is 5.73 Å². The van der Waals surface area contributed by atoms with E-state index in [2.05, 4.69) is 15.9 Å². The van der Waals surface area contributed by atoms with Gasteiger partial charge in [-0.2, -0.15) is 0 Å². The molecule has 0 bridgehead atoms. The molecule has 8 nitrogen and oxygen atoms in total. The quantitative estimate of drug-likeness (QED) is 0.424. The fourth-order valence-electron chi connectivity index (χ4n) is 2.82. The van der Waals surface area contributed by atoms with Gasteiger partial charge in [0.1, 0.15) is 4.32 Å². The standard InChI is InChI=1S/C16H17NO.C7H13BrN2O2.2H3N/c1-17(2)16(18)15(13-9-5-3-6-10-13)14-11-7-4-8-12-14;1-3-7(8,4-2)5(11)10-6(9)12;;/h3-12,15H,1-2H3;3-4H2,1-2H3,(H3,9,10,11,12);2*1H3. The van der Waals surface area contributed by atoms with Crippen molar-refractivity contribution in [2.75, 3.05) is 14.1 Å². The number of nitrogens with zero attached hydrogens (tertiary/aromatic N) is 1. The molecule has 4 amide bonds. The molecule has 0 radical (unpaired) electrons. The summed E-state index contributed by atoms with van der Waals surface area (Å²) in [5.41, 5.74) is 6.87. The second kappa shape index (κ2) is 15.1. The molecule has 0 unspecified atom stereocenters. The van der Waals surface area contributed by atoms with Gasteiger partial charge in [0.05, 0.1) is 5.92 Å². The lowest BCUT2D eigenvalue weighted by Gasteiger charge is -2.21. The van der Waals surface area contributed by atoms with Crippen LogP contribution >= 0.6 is 15.9 Å². The maximum absolute atomic E-state index is 12.4. The van der Waals surface area contributed by atoms with Crippen LogP contribution in [-0.2, 0) is 9.59 Å². The van der Waals surface area contributed by atoms with E-state index in [0.717, 1.165) is 11.1 Å². The number of halogens is 1. The second-order valence-corrected chi connectivity index (χ2v) is 8.50. The maximum atomic E-state index is 12.4. The van der Waals surface area contributed by atoms with Crippen LogP contribution in [0.25, 0.3) is 0 Å². The number of alkyl halides is 1. The Labute approximate surface area is 199 Å². The molecular formula is C23H36BrN5O3. The molecule has 0 saturated carbocycles. The third kappa shape index (κ3) is 9.17. The topological polar surface area (TPSA) is 162 Å². The van der Waals surface area contributed by atoms with Gasteiger partial charge in [-0.25, -0.2) is 4.79 Å². The highest BCUT2D eigenvalue weighted by atomic mass is 79.9. The number of hydrogen-bond acceptors (Lipinski definition) is 5. The number of rotatable bonds is 6. The number of urea groups is 1. The van der Waals surface area contributed by atoms with Crippen LogP contribution in [0.1, 0.15) is 43.7 Å². The largest absolute Gasteiger partial charge is 0.351 e. The van der Waals surface area contributed by atoms with E-state index in [1.165, 1.54) is 0 Å². The number of carbonyl (C=O) groups excluding carboxylic acids is 3. The highest BCUT2D eigenvalue weighted by molar-refractivity contribution is 9.10. The van der Waals surface area contributed by atoms with Crippen LogP contribution in [0.2, 0.25) is 0 Å². The average molecular weight is 510 g/mol. The number of imide groups is 1. The van der Waals surface area contributed by atoms with Crippen molar-refractivity contribution in [1.29, 1.82) is 0 Å². The van der Waals surface area contributed by atoms with Gasteiger partial charge in [0.2, 0.25) is 11.8 Å². The number of amides is 4. The van der Waals surface area contributed by atoms with Crippen molar-refractivity contribution >= 4 is 33.8 Å². The fraction of sp³-hybridized carbons (Fsp3) is 0.348. The van der Waals surface area contributed by atoms with E-state index in [4.69, 9.17) is 5.73 Å².